The number of hydrogen-bond acceptors (Lipinski definition) is 2. The monoisotopic (exact) mass is 77.1 g/mol. The lowest BCUT2D eigenvalue weighted by Gasteiger charge is -1.70. The molecule has 0 heterocycles. The first-order chi connectivity index (χ1) is 1.91. The Balaban J connectivity index is 0. The van der Waals surface area contributed by atoms with Crippen LogP contribution in [-0.2, 0) is 0 Å². The highest BCUT2D eigenvalue weighted by molar-refractivity contribution is 4.06. The first-order valence-corrected chi connectivity index (χ1v) is 1.13. The van der Waals surface area contributed by atoms with Gasteiger partial charge < -0.3 is 10.2 Å². The molecule has 2 nitrogen and oxygen atoms in total. The molecule has 0 aromatic rings. The standard InChI is InChI=1S/C2H6O2.CH3/c3-1-2-4;/h3-4H,1-2H2;1H3. The van der Waals surface area contributed by atoms with Gasteiger partial charge in [0.05, 0.1) is 13.2 Å². The summed E-state index contributed by atoms with van der Waals surface area (Å²) in [5.74, 6) is 0. The third kappa shape index (κ3) is 17.1. The number of aliphatic hydroxyl groups excluding tert-OH is 2. The molecule has 0 aliphatic rings. The van der Waals surface area contributed by atoms with E-state index < -0.39 is 0 Å². The summed E-state index contributed by atoms with van der Waals surface area (Å²) in [5, 5.41) is 15.2. The van der Waals surface area contributed by atoms with E-state index >= 15 is 0 Å². The maximum absolute atomic E-state index is 7.62. The van der Waals surface area contributed by atoms with E-state index in [1.165, 1.54) is 0 Å². The van der Waals surface area contributed by atoms with Crippen LogP contribution in [0.4, 0.5) is 0 Å². The maximum atomic E-state index is 7.62. The first kappa shape index (κ1) is 8.87. The van der Waals surface area contributed by atoms with Crippen molar-refractivity contribution in [2.24, 2.45) is 0 Å². The van der Waals surface area contributed by atoms with Gasteiger partial charge in [0.15, 0.2) is 0 Å². The van der Waals surface area contributed by atoms with Gasteiger partial charge in [-0.2, -0.15) is 0 Å². The molecule has 0 rings (SSSR count). The van der Waals surface area contributed by atoms with Crippen LogP contribution in [0, 0.1) is 7.43 Å². The quantitative estimate of drug-likeness (QED) is 0.439. The average Bonchev–Trinajstić information content (AvgIpc) is 1.37. The minimum Gasteiger partial charge on any atom is -0.394 e. The third-order valence-electron chi connectivity index (χ3n) is 0.1000. The molecule has 0 atom stereocenters. The molecule has 33 valence electrons. The first-order valence-electron chi connectivity index (χ1n) is 1.13. The molecule has 1 radical (unpaired) electrons. The van der Waals surface area contributed by atoms with Crippen LogP contribution in [0.2, 0.25) is 0 Å². The molecule has 0 spiro atoms. The molecule has 0 fully saturated rings. The van der Waals surface area contributed by atoms with Crippen molar-refractivity contribution in [3.63, 3.8) is 0 Å². The van der Waals surface area contributed by atoms with Crippen molar-refractivity contribution >= 4 is 0 Å². The van der Waals surface area contributed by atoms with E-state index in [4.69, 9.17) is 10.2 Å². The van der Waals surface area contributed by atoms with Crippen molar-refractivity contribution in [1.82, 2.24) is 0 Å². The molecule has 5 heavy (non-hydrogen) atoms. The molecule has 0 aliphatic heterocycles. The Hall–Kier alpha value is -0.0800. The third-order valence-corrected chi connectivity index (χ3v) is 0.1000. The lowest BCUT2D eigenvalue weighted by molar-refractivity contribution is 0.186. The van der Waals surface area contributed by atoms with E-state index in [1.807, 2.05) is 0 Å². The van der Waals surface area contributed by atoms with Crippen molar-refractivity contribution < 1.29 is 10.2 Å². The molecule has 0 saturated heterocycles. The van der Waals surface area contributed by atoms with E-state index in [-0.39, 0.29) is 20.6 Å². The number of hydrogen-bond donors (Lipinski definition) is 2. The van der Waals surface area contributed by atoms with E-state index in [0.29, 0.717) is 0 Å². The summed E-state index contributed by atoms with van der Waals surface area (Å²) in [6, 6.07) is 0. The molecule has 0 bridgehead atoms. The van der Waals surface area contributed by atoms with Gasteiger partial charge in [-0.25, -0.2) is 0 Å². The fraction of sp³-hybridized carbons (Fsp3) is 0.667. The zero-order chi connectivity index (χ0) is 3.41. The Bertz CT molecular complexity index is 6.85. The SMILES string of the molecule is OCCO.[CH3]. The van der Waals surface area contributed by atoms with Crippen LogP contribution in [0.15, 0.2) is 0 Å². The Morgan fingerprint density at radius 2 is 1.20 bits per heavy atom. The summed E-state index contributed by atoms with van der Waals surface area (Å²) in [7, 11) is 0. The summed E-state index contributed by atoms with van der Waals surface area (Å²) < 4.78 is 0. The zero-order valence-electron chi connectivity index (χ0n) is 3.31. The molecular weight excluding hydrogens is 68.0 g/mol. The van der Waals surface area contributed by atoms with Crippen LogP contribution >= 0.6 is 0 Å². The molecule has 0 unspecified atom stereocenters. The molecule has 0 saturated carbocycles. The van der Waals surface area contributed by atoms with Crippen LogP contribution in [-0.4, -0.2) is 23.4 Å². The summed E-state index contributed by atoms with van der Waals surface area (Å²) in [4.78, 5) is 0. The number of rotatable bonds is 1. The predicted molar refractivity (Wildman–Crippen MR) is 20.6 cm³/mol. The maximum Gasteiger partial charge on any atom is 0.0662 e. The molecule has 0 aromatic heterocycles. The minimum atomic E-state index is -0.125. The summed E-state index contributed by atoms with van der Waals surface area (Å²) in [6.07, 6.45) is 0. The van der Waals surface area contributed by atoms with Crippen molar-refractivity contribution in [1.29, 1.82) is 0 Å². The lowest BCUT2D eigenvalue weighted by Crippen LogP contribution is -1.85. The van der Waals surface area contributed by atoms with E-state index in [1.54, 1.807) is 0 Å². The fourth-order valence-electron chi connectivity index (χ4n) is 0. The van der Waals surface area contributed by atoms with Gasteiger partial charge in [0.2, 0.25) is 0 Å². The molecule has 0 amide bonds. The normalized spacial score (nSPS) is 6.00. The van der Waals surface area contributed by atoms with E-state index in [2.05, 4.69) is 0 Å². The Labute approximate surface area is 32.1 Å². The summed E-state index contributed by atoms with van der Waals surface area (Å²) in [5.41, 5.74) is 0. The number of aliphatic hydroxyl groups is 2. The lowest BCUT2D eigenvalue weighted by atomic mass is 10.8. The van der Waals surface area contributed by atoms with Crippen LogP contribution < -0.4 is 0 Å². The Morgan fingerprint density at radius 1 is 1.00 bits per heavy atom. The van der Waals surface area contributed by atoms with Crippen molar-refractivity contribution in [3.8, 4) is 0 Å². The van der Waals surface area contributed by atoms with Crippen molar-refractivity contribution in [2.75, 3.05) is 13.2 Å². The largest absolute Gasteiger partial charge is 0.394 e. The van der Waals surface area contributed by atoms with E-state index in [9.17, 15) is 0 Å². The smallest absolute Gasteiger partial charge is 0.0662 e. The minimum absolute atomic E-state index is 0. The summed E-state index contributed by atoms with van der Waals surface area (Å²) in [6.45, 7) is -0.250. The topological polar surface area (TPSA) is 40.5 Å². The van der Waals surface area contributed by atoms with Gasteiger partial charge in [-0.05, 0) is 0 Å². The van der Waals surface area contributed by atoms with E-state index in [0.717, 1.165) is 0 Å². The Morgan fingerprint density at radius 3 is 1.20 bits per heavy atom. The van der Waals surface area contributed by atoms with Gasteiger partial charge in [-0.1, -0.05) is 7.43 Å². The van der Waals surface area contributed by atoms with Crippen LogP contribution in [0.1, 0.15) is 0 Å². The molecule has 0 aliphatic carbocycles. The van der Waals surface area contributed by atoms with Gasteiger partial charge >= 0.3 is 0 Å². The highest BCUT2D eigenvalue weighted by atomic mass is 16.3. The van der Waals surface area contributed by atoms with Gasteiger partial charge in [-0.15, -0.1) is 0 Å². The van der Waals surface area contributed by atoms with Crippen molar-refractivity contribution in [3.05, 3.63) is 7.43 Å². The van der Waals surface area contributed by atoms with Crippen LogP contribution in [0.25, 0.3) is 0 Å². The fourth-order valence-corrected chi connectivity index (χ4v) is 0. The predicted octanol–water partition coefficient (Wildman–Crippen LogP) is -0.579. The zero-order valence-corrected chi connectivity index (χ0v) is 3.31. The highest BCUT2D eigenvalue weighted by Gasteiger charge is 1.58. The molecule has 0 aromatic carbocycles. The second kappa shape index (κ2) is 9.07. The highest BCUT2D eigenvalue weighted by Crippen LogP contribution is 1.39. The van der Waals surface area contributed by atoms with Crippen molar-refractivity contribution in [2.45, 2.75) is 0 Å². The van der Waals surface area contributed by atoms with Crippen LogP contribution in [0.3, 0.4) is 0 Å². The van der Waals surface area contributed by atoms with Gasteiger partial charge in [0.25, 0.3) is 0 Å². The van der Waals surface area contributed by atoms with Gasteiger partial charge in [-0.3, -0.25) is 0 Å². The second-order valence-electron chi connectivity index (χ2n) is 0.447. The van der Waals surface area contributed by atoms with Crippen LogP contribution in [0.5, 0.6) is 0 Å². The second-order valence-corrected chi connectivity index (χ2v) is 0.447. The van der Waals surface area contributed by atoms with Gasteiger partial charge in [0, 0.05) is 0 Å². The molecule has 2 N–H and O–H groups in total. The molecular formula is C3H9O2. The molecule has 2 heteroatoms. The Kier molecular flexibility index (Phi) is 16.1. The summed E-state index contributed by atoms with van der Waals surface area (Å²) >= 11 is 0. The van der Waals surface area contributed by atoms with Gasteiger partial charge in [0.1, 0.15) is 0 Å². The average molecular weight is 77.1 g/mol.